The van der Waals surface area contributed by atoms with Crippen LogP contribution in [0.15, 0.2) is 0 Å². The van der Waals surface area contributed by atoms with Gasteiger partial charge in [0.2, 0.25) is 5.91 Å². The monoisotopic (exact) mass is 331 g/mol. The van der Waals surface area contributed by atoms with E-state index in [-0.39, 0.29) is 41.5 Å². The van der Waals surface area contributed by atoms with Gasteiger partial charge in [-0.25, -0.2) is 0 Å². The van der Waals surface area contributed by atoms with Crippen molar-refractivity contribution in [3.63, 3.8) is 0 Å². The first-order chi connectivity index (χ1) is 8.54. The molecule has 20 heavy (non-hydrogen) atoms. The zero-order valence-corrected chi connectivity index (χ0v) is 15.3. The first-order valence-electron chi connectivity index (χ1n) is 5.60. The molecule has 0 bridgehead atoms. The number of hydrogen-bond acceptors (Lipinski definition) is 7. The fourth-order valence-corrected chi connectivity index (χ4v) is 4.48. The zero-order chi connectivity index (χ0) is 14.6. The molecule has 0 aromatic carbocycles. The van der Waals surface area contributed by atoms with Gasteiger partial charge in [-0.05, 0) is 13.8 Å². The van der Waals surface area contributed by atoms with E-state index in [0.29, 0.717) is 0 Å². The summed E-state index contributed by atoms with van der Waals surface area (Å²) in [6, 6.07) is -0.996. The molecule has 2 rings (SSSR count). The maximum atomic E-state index is 11.9. The van der Waals surface area contributed by atoms with Gasteiger partial charge in [0.1, 0.15) is 0 Å². The van der Waals surface area contributed by atoms with Crippen molar-refractivity contribution in [2.75, 3.05) is 12.9 Å². The minimum absolute atomic E-state index is 0. The minimum atomic E-state index is -3.61. The molecule has 3 atom stereocenters. The molecule has 10 heteroatoms. The maximum absolute atomic E-state index is 11.9. The molecule has 0 saturated carbocycles. The molecule has 0 radical (unpaired) electrons. The second kappa shape index (κ2) is 5.77. The van der Waals surface area contributed by atoms with E-state index in [1.807, 2.05) is 0 Å². The molecular weight excluding hydrogens is 317 g/mol. The number of amides is 1. The number of carboxylic acid groups (broad SMARTS) is 1. The van der Waals surface area contributed by atoms with Gasteiger partial charge in [-0.2, -0.15) is 8.42 Å². The van der Waals surface area contributed by atoms with Gasteiger partial charge in [-0.15, -0.1) is 11.8 Å². The first-order valence-corrected chi connectivity index (χ1v) is 8.29. The van der Waals surface area contributed by atoms with E-state index in [9.17, 15) is 23.1 Å². The fourth-order valence-electron chi connectivity index (χ4n) is 2.42. The molecule has 0 spiro atoms. The molecule has 2 fully saturated rings. The van der Waals surface area contributed by atoms with Gasteiger partial charge in [0.05, 0.1) is 36.2 Å². The van der Waals surface area contributed by atoms with E-state index < -0.39 is 38.7 Å². The van der Waals surface area contributed by atoms with Crippen LogP contribution in [0, 0.1) is 5.92 Å². The van der Waals surface area contributed by atoms with Gasteiger partial charge < -0.3 is 14.8 Å². The Hall–Kier alpha value is 0.200. The quantitative estimate of drug-likeness (QED) is 0.290. The Balaban J connectivity index is 0.00000200. The number of hydrogen-bond donors (Lipinski definition) is 0. The third kappa shape index (κ3) is 3.17. The smallest absolute Gasteiger partial charge is 0.548 e. The van der Waals surface area contributed by atoms with Crippen molar-refractivity contribution in [1.82, 2.24) is 4.90 Å². The molecule has 108 valence electrons. The molecule has 0 aliphatic carbocycles. The van der Waals surface area contributed by atoms with E-state index in [2.05, 4.69) is 4.18 Å². The van der Waals surface area contributed by atoms with E-state index in [1.165, 1.54) is 16.7 Å². The van der Waals surface area contributed by atoms with Crippen molar-refractivity contribution in [3.8, 4) is 0 Å². The number of carboxylic acids is 1. The Bertz CT molecular complexity index is 534. The molecule has 2 aliphatic rings. The Morgan fingerprint density at radius 1 is 1.50 bits per heavy atom. The summed E-state index contributed by atoms with van der Waals surface area (Å²) in [6.07, 6.45) is 0.906. The Kier molecular flexibility index (Phi) is 5.26. The van der Waals surface area contributed by atoms with Crippen LogP contribution in [0.2, 0.25) is 0 Å². The zero-order valence-electron chi connectivity index (χ0n) is 11.7. The van der Waals surface area contributed by atoms with Gasteiger partial charge in [0.15, 0.2) is 0 Å². The van der Waals surface area contributed by atoms with Gasteiger partial charge >= 0.3 is 29.6 Å². The predicted molar refractivity (Wildman–Crippen MR) is 65.4 cm³/mol. The van der Waals surface area contributed by atoms with Crippen molar-refractivity contribution >= 4 is 33.8 Å². The molecule has 2 heterocycles. The summed E-state index contributed by atoms with van der Waals surface area (Å²) in [5.41, 5.74) is 0. The third-order valence-corrected chi connectivity index (χ3v) is 5.43. The van der Waals surface area contributed by atoms with E-state index >= 15 is 0 Å². The number of carbonyl (C=O) groups excluding carboxylic acids is 2. The SMILES string of the molecule is CC1(C)S[C@@H]2[C@H](COS(C)(=O)=O)C(=O)N2[C@H]1C(=O)[O-].[Na+]. The summed E-state index contributed by atoms with van der Waals surface area (Å²) >= 11 is 1.33. The molecule has 2 saturated heterocycles. The number of nitrogens with zero attached hydrogens (tertiary/aromatic N) is 1. The van der Waals surface area contributed by atoms with Crippen molar-refractivity contribution in [2.45, 2.75) is 30.0 Å². The molecule has 0 aromatic rings. The third-order valence-electron chi connectivity index (χ3n) is 3.24. The van der Waals surface area contributed by atoms with Gasteiger partial charge in [0.25, 0.3) is 10.1 Å². The Labute approximate surface area is 143 Å². The van der Waals surface area contributed by atoms with Crippen LogP contribution in [-0.2, 0) is 23.9 Å². The molecule has 0 N–H and O–H groups in total. The maximum Gasteiger partial charge on any atom is 1.00 e. The topological polar surface area (TPSA) is 104 Å². The summed E-state index contributed by atoms with van der Waals surface area (Å²) in [5.74, 6) is -2.32. The van der Waals surface area contributed by atoms with Gasteiger partial charge in [-0.3, -0.25) is 8.98 Å². The fraction of sp³-hybridized carbons (Fsp3) is 0.800. The molecule has 0 unspecified atom stereocenters. The van der Waals surface area contributed by atoms with Crippen LogP contribution in [0.4, 0.5) is 0 Å². The van der Waals surface area contributed by atoms with Crippen LogP contribution < -0.4 is 34.7 Å². The molecule has 2 aliphatic heterocycles. The summed E-state index contributed by atoms with van der Waals surface area (Å²) < 4.78 is 25.8. The largest absolute Gasteiger partial charge is 1.00 e. The van der Waals surface area contributed by atoms with Crippen LogP contribution in [0.5, 0.6) is 0 Å². The van der Waals surface area contributed by atoms with Crippen LogP contribution in [0.1, 0.15) is 13.8 Å². The number of thioether (sulfide) groups is 1. The summed E-state index contributed by atoms with van der Waals surface area (Å²) in [4.78, 5) is 24.3. The second-order valence-corrected chi connectivity index (χ2v) is 8.59. The molecular formula is C10H14NNaO6S2. The predicted octanol–water partition coefficient (Wildman–Crippen LogP) is -4.60. The molecule has 7 nitrogen and oxygen atoms in total. The molecule has 0 aromatic heterocycles. The average Bonchev–Trinajstić information content (AvgIpc) is 2.45. The molecule has 1 amide bonds. The summed E-state index contributed by atoms with van der Waals surface area (Å²) in [5, 5.41) is 10.8. The van der Waals surface area contributed by atoms with Crippen molar-refractivity contribution < 1.29 is 56.9 Å². The van der Waals surface area contributed by atoms with Gasteiger partial charge in [0, 0.05) is 4.75 Å². The normalized spacial score (nSPS) is 31.2. The van der Waals surface area contributed by atoms with Crippen LogP contribution >= 0.6 is 11.8 Å². The number of fused-ring (bicyclic) bond motifs is 1. The first kappa shape index (κ1) is 18.2. The van der Waals surface area contributed by atoms with Crippen molar-refractivity contribution in [3.05, 3.63) is 0 Å². The van der Waals surface area contributed by atoms with Crippen molar-refractivity contribution in [1.29, 1.82) is 0 Å². The van der Waals surface area contributed by atoms with E-state index in [0.717, 1.165) is 6.26 Å². The Morgan fingerprint density at radius 2 is 2.05 bits per heavy atom. The van der Waals surface area contributed by atoms with Crippen molar-refractivity contribution in [2.24, 2.45) is 5.92 Å². The van der Waals surface area contributed by atoms with Gasteiger partial charge in [-0.1, -0.05) is 0 Å². The summed E-state index contributed by atoms with van der Waals surface area (Å²) in [7, 11) is -3.61. The van der Waals surface area contributed by atoms with Crippen LogP contribution in [0.25, 0.3) is 0 Å². The van der Waals surface area contributed by atoms with Crippen LogP contribution in [-0.4, -0.2) is 54.2 Å². The minimum Gasteiger partial charge on any atom is -0.548 e. The van der Waals surface area contributed by atoms with E-state index in [4.69, 9.17) is 0 Å². The van der Waals surface area contributed by atoms with Crippen LogP contribution in [0.3, 0.4) is 0 Å². The number of aliphatic carboxylic acids is 1. The number of rotatable bonds is 4. The van der Waals surface area contributed by atoms with E-state index in [1.54, 1.807) is 13.8 Å². The Morgan fingerprint density at radius 3 is 2.50 bits per heavy atom. The summed E-state index contributed by atoms with van der Waals surface area (Å²) in [6.45, 7) is 3.19. The number of β-lactam (4-membered cyclic amide) rings is 1. The number of carbonyl (C=O) groups is 2. The average molecular weight is 331 g/mol. The second-order valence-electron chi connectivity index (χ2n) is 5.17. The standard InChI is InChI=1S/C10H15NO6S2.Na/c1-10(2)6(9(13)14)11-7(12)5(8(11)18-10)4-17-19(3,15)16;/h5-6,8H,4H2,1-3H3,(H,13,14);/q;+1/p-1/t5-,6+,8-;/m1./s1.